The number of hydrogen-bond donors (Lipinski definition) is 1. The topological polar surface area (TPSA) is 81.5 Å². The van der Waals surface area contributed by atoms with Crippen LogP contribution in [-0.4, -0.2) is 30.2 Å². The molecule has 6 nitrogen and oxygen atoms in total. The van der Waals surface area contributed by atoms with Gasteiger partial charge in [-0.2, -0.15) is 13.2 Å². The molecule has 0 saturated heterocycles. The Kier molecular flexibility index (Phi) is 4.25. The number of rotatable bonds is 4. The lowest BCUT2D eigenvalue weighted by molar-refractivity contribution is -0.384. The second kappa shape index (κ2) is 5.82. The fourth-order valence-corrected chi connectivity index (χ4v) is 2.28. The Morgan fingerprint density at radius 2 is 2.05 bits per heavy atom. The molecule has 0 unspecified atom stereocenters. The van der Waals surface area contributed by atoms with E-state index in [4.69, 9.17) is 0 Å². The zero-order valence-electron chi connectivity index (χ0n) is 11.5. The highest BCUT2D eigenvalue weighted by atomic mass is 19.4. The largest absolute Gasteiger partial charge is 0.465 e. The minimum Gasteiger partial charge on any atom is -0.465 e. The molecule has 2 rings (SSSR count). The maximum absolute atomic E-state index is 12.4. The van der Waals surface area contributed by atoms with Gasteiger partial charge >= 0.3 is 12.1 Å². The molecule has 1 aliphatic rings. The molecule has 0 bridgehead atoms. The van der Waals surface area contributed by atoms with Crippen molar-refractivity contribution in [1.82, 2.24) is 0 Å². The molecule has 0 aromatic heterocycles. The van der Waals surface area contributed by atoms with Crippen LogP contribution in [0.25, 0.3) is 0 Å². The van der Waals surface area contributed by atoms with Crippen molar-refractivity contribution in [2.45, 2.75) is 25.1 Å². The van der Waals surface area contributed by atoms with Crippen LogP contribution in [0.5, 0.6) is 0 Å². The summed E-state index contributed by atoms with van der Waals surface area (Å²) in [5, 5.41) is 13.7. The fraction of sp³-hybridized carbons (Fsp3) is 0.462. The van der Waals surface area contributed by atoms with Crippen molar-refractivity contribution in [3.05, 3.63) is 33.9 Å². The molecule has 1 fully saturated rings. The van der Waals surface area contributed by atoms with Gasteiger partial charge in [-0.25, -0.2) is 4.79 Å². The van der Waals surface area contributed by atoms with E-state index < -0.39 is 29.0 Å². The number of benzene rings is 1. The highest BCUT2D eigenvalue weighted by molar-refractivity contribution is 5.91. The van der Waals surface area contributed by atoms with Crippen LogP contribution in [0, 0.1) is 16.0 Å². The predicted octanol–water partition coefficient (Wildman–Crippen LogP) is 3.13. The summed E-state index contributed by atoms with van der Waals surface area (Å²) in [5.41, 5.74) is -0.205. The van der Waals surface area contributed by atoms with Crippen LogP contribution in [0.3, 0.4) is 0 Å². The fourth-order valence-electron chi connectivity index (χ4n) is 2.28. The highest BCUT2D eigenvalue weighted by Gasteiger charge is 2.48. The maximum atomic E-state index is 12.4. The number of alkyl halides is 3. The normalized spacial score (nSPS) is 20.9. The lowest BCUT2D eigenvalue weighted by atomic mass is 9.79. The number of nitro benzene ring substituents is 1. The number of anilines is 1. The van der Waals surface area contributed by atoms with Gasteiger partial charge in [0.25, 0.3) is 5.69 Å². The van der Waals surface area contributed by atoms with Gasteiger partial charge in [-0.3, -0.25) is 10.1 Å². The first-order valence-electron chi connectivity index (χ1n) is 6.42. The van der Waals surface area contributed by atoms with Crippen molar-refractivity contribution in [2.24, 2.45) is 5.92 Å². The second-order valence-electron chi connectivity index (χ2n) is 5.03. The Labute approximate surface area is 123 Å². The average Bonchev–Trinajstić information content (AvgIpc) is 2.39. The minimum atomic E-state index is -4.25. The number of halogens is 3. The first kappa shape index (κ1) is 16.1. The highest BCUT2D eigenvalue weighted by Crippen LogP contribution is 2.43. The molecule has 1 N–H and O–H groups in total. The number of nitrogens with zero attached hydrogens (tertiary/aromatic N) is 1. The molecule has 0 radical (unpaired) electrons. The van der Waals surface area contributed by atoms with Crippen LogP contribution in [0.15, 0.2) is 18.2 Å². The van der Waals surface area contributed by atoms with Crippen LogP contribution in [0.1, 0.15) is 23.2 Å². The SMILES string of the molecule is COC(=O)c1ccc([N+](=O)[O-])c(NC2CC(C(F)(F)F)C2)c1. The summed E-state index contributed by atoms with van der Waals surface area (Å²) in [6.45, 7) is 0. The standard InChI is InChI=1S/C13H13F3N2O4/c1-22-12(19)7-2-3-11(18(20)21)10(4-7)17-9-5-8(6-9)13(14,15)16/h2-4,8-9,17H,5-6H2,1H3. The quantitative estimate of drug-likeness (QED) is 0.524. The third kappa shape index (κ3) is 3.29. The third-order valence-electron chi connectivity index (χ3n) is 3.57. The van der Waals surface area contributed by atoms with Gasteiger partial charge in [0, 0.05) is 12.1 Å². The van der Waals surface area contributed by atoms with Crippen LogP contribution >= 0.6 is 0 Å². The van der Waals surface area contributed by atoms with Gasteiger partial charge in [0.15, 0.2) is 0 Å². The number of ether oxygens (including phenoxy) is 1. The molecule has 22 heavy (non-hydrogen) atoms. The Balaban J connectivity index is 2.15. The molecule has 0 aliphatic heterocycles. The maximum Gasteiger partial charge on any atom is 0.391 e. The molecule has 120 valence electrons. The van der Waals surface area contributed by atoms with Gasteiger partial charge in [-0.15, -0.1) is 0 Å². The van der Waals surface area contributed by atoms with E-state index in [0.717, 1.165) is 13.2 Å². The number of esters is 1. The van der Waals surface area contributed by atoms with Crippen molar-refractivity contribution in [3.8, 4) is 0 Å². The molecule has 0 atom stereocenters. The van der Waals surface area contributed by atoms with Crippen LogP contribution < -0.4 is 5.32 Å². The Bertz CT molecular complexity index is 597. The van der Waals surface area contributed by atoms with Gasteiger partial charge < -0.3 is 10.1 Å². The van der Waals surface area contributed by atoms with E-state index in [1.165, 1.54) is 12.1 Å². The van der Waals surface area contributed by atoms with E-state index in [0.29, 0.717) is 0 Å². The molecule has 0 heterocycles. The van der Waals surface area contributed by atoms with Gasteiger partial charge in [0.05, 0.1) is 23.5 Å². The smallest absolute Gasteiger partial charge is 0.391 e. The Morgan fingerprint density at radius 3 is 2.55 bits per heavy atom. The Hall–Kier alpha value is -2.32. The average molecular weight is 318 g/mol. The number of nitrogens with one attached hydrogen (secondary N) is 1. The van der Waals surface area contributed by atoms with Gasteiger partial charge in [0.2, 0.25) is 0 Å². The molecule has 0 amide bonds. The Morgan fingerprint density at radius 1 is 1.41 bits per heavy atom. The summed E-state index contributed by atoms with van der Waals surface area (Å²) >= 11 is 0. The molecule has 1 saturated carbocycles. The van der Waals surface area contributed by atoms with Crippen molar-refractivity contribution in [1.29, 1.82) is 0 Å². The molecule has 0 spiro atoms. The lowest BCUT2D eigenvalue weighted by Crippen LogP contribution is -2.43. The first-order valence-corrected chi connectivity index (χ1v) is 6.42. The minimum absolute atomic E-state index is 0.0125. The molecule has 1 aromatic rings. The molecule has 9 heteroatoms. The number of nitro groups is 1. The summed E-state index contributed by atoms with van der Waals surface area (Å²) in [5.74, 6) is -2.08. The summed E-state index contributed by atoms with van der Waals surface area (Å²) in [4.78, 5) is 21.7. The second-order valence-corrected chi connectivity index (χ2v) is 5.03. The van der Waals surface area contributed by atoms with E-state index in [1.54, 1.807) is 0 Å². The summed E-state index contributed by atoms with van der Waals surface area (Å²) in [6.07, 6.45) is -4.55. The van der Waals surface area contributed by atoms with Crippen molar-refractivity contribution >= 4 is 17.3 Å². The van der Waals surface area contributed by atoms with Gasteiger partial charge in [-0.1, -0.05) is 0 Å². The van der Waals surface area contributed by atoms with E-state index in [2.05, 4.69) is 10.1 Å². The van der Waals surface area contributed by atoms with E-state index in [-0.39, 0.29) is 29.8 Å². The van der Waals surface area contributed by atoms with Gasteiger partial charge in [-0.05, 0) is 25.0 Å². The van der Waals surface area contributed by atoms with Crippen LogP contribution in [0.4, 0.5) is 24.5 Å². The first-order chi connectivity index (χ1) is 10.2. The molecular formula is C13H13F3N2O4. The monoisotopic (exact) mass is 318 g/mol. The summed E-state index contributed by atoms with van der Waals surface area (Å²) < 4.78 is 41.8. The van der Waals surface area contributed by atoms with Gasteiger partial charge in [0.1, 0.15) is 5.69 Å². The van der Waals surface area contributed by atoms with E-state index >= 15 is 0 Å². The summed E-state index contributed by atoms with van der Waals surface area (Å²) in [6, 6.07) is 3.05. The molecule has 1 aromatic carbocycles. The molecule has 1 aliphatic carbocycles. The van der Waals surface area contributed by atoms with Crippen LogP contribution in [0.2, 0.25) is 0 Å². The van der Waals surface area contributed by atoms with Crippen molar-refractivity contribution in [3.63, 3.8) is 0 Å². The number of methoxy groups -OCH3 is 1. The predicted molar refractivity (Wildman–Crippen MR) is 70.6 cm³/mol. The summed E-state index contributed by atoms with van der Waals surface area (Å²) in [7, 11) is 1.16. The number of carbonyl (C=O) groups is 1. The number of hydrogen-bond acceptors (Lipinski definition) is 5. The zero-order chi connectivity index (χ0) is 16.5. The zero-order valence-corrected chi connectivity index (χ0v) is 11.5. The van der Waals surface area contributed by atoms with Crippen molar-refractivity contribution < 1.29 is 27.6 Å². The third-order valence-corrected chi connectivity index (χ3v) is 3.57. The molecular weight excluding hydrogens is 305 g/mol. The van der Waals surface area contributed by atoms with Crippen molar-refractivity contribution in [2.75, 3.05) is 12.4 Å². The van der Waals surface area contributed by atoms with E-state index in [9.17, 15) is 28.1 Å². The van der Waals surface area contributed by atoms with Crippen LogP contribution in [-0.2, 0) is 4.74 Å². The van der Waals surface area contributed by atoms with E-state index in [1.807, 2.05) is 0 Å². The number of carbonyl (C=O) groups excluding carboxylic acids is 1. The lowest BCUT2D eigenvalue weighted by Gasteiger charge is -2.37.